The number of fused-ring (bicyclic) bond motifs is 1. The average molecular weight is 266 g/mol. The summed E-state index contributed by atoms with van der Waals surface area (Å²) in [4.78, 5) is 16.1. The van der Waals surface area contributed by atoms with Gasteiger partial charge in [-0.05, 0) is 31.0 Å². The maximum atomic E-state index is 4.43. The Hall–Kier alpha value is -2.63. The lowest BCUT2D eigenvalue weighted by molar-refractivity contribution is 1.08. The van der Waals surface area contributed by atoms with Crippen LogP contribution >= 0.6 is 0 Å². The van der Waals surface area contributed by atoms with Gasteiger partial charge in [0.05, 0.1) is 11.7 Å². The Morgan fingerprint density at radius 2 is 2.10 bits per heavy atom. The Bertz CT molecular complexity index is 746. The van der Waals surface area contributed by atoms with Crippen molar-refractivity contribution in [1.29, 1.82) is 0 Å². The largest absolute Gasteiger partial charge is 0.367 e. The molecule has 0 aliphatic heterocycles. The normalized spacial score (nSPS) is 14.4. The molecule has 0 saturated heterocycles. The minimum atomic E-state index is 0.554. The first kappa shape index (κ1) is 11.2. The minimum absolute atomic E-state index is 0.554. The molecule has 4 rings (SSSR count). The molecule has 3 N–H and O–H groups in total. The zero-order valence-corrected chi connectivity index (χ0v) is 10.8. The first-order valence-electron chi connectivity index (χ1n) is 6.66. The number of nitrogens with one attached hydrogen (secondary N) is 3. The molecule has 20 heavy (non-hydrogen) atoms. The van der Waals surface area contributed by atoms with Crippen molar-refractivity contribution in [2.24, 2.45) is 0 Å². The van der Waals surface area contributed by atoms with Crippen LogP contribution in [0.5, 0.6) is 0 Å². The molecule has 0 spiro atoms. The van der Waals surface area contributed by atoms with E-state index in [9.17, 15) is 0 Å². The minimum Gasteiger partial charge on any atom is -0.367 e. The smallest absolute Gasteiger partial charge is 0.230 e. The van der Waals surface area contributed by atoms with E-state index in [0.717, 1.165) is 22.5 Å². The molecule has 0 radical (unpaired) electrons. The molecule has 1 aliphatic rings. The van der Waals surface area contributed by atoms with E-state index in [1.54, 1.807) is 12.4 Å². The molecule has 0 bridgehead atoms. The van der Waals surface area contributed by atoms with Crippen LogP contribution in [0.1, 0.15) is 12.8 Å². The number of aromatic nitrogens is 4. The lowest BCUT2D eigenvalue weighted by Gasteiger charge is -2.07. The summed E-state index contributed by atoms with van der Waals surface area (Å²) >= 11 is 0. The van der Waals surface area contributed by atoms with E-state index < -0.39 is 0 Å². The van der Waals surface area contributed by atoms with E-state index in [2.05, 4.69) is 30.6 Å². The average Bonchev–Trinajstić information content (AvgIpc) is 3.14. The second kappa shape index (κ2) is 4.48. The Kier molecular flexibility index (Phi) is 2.51. The van der Waals surface area contributed by atoms with Crippen LogP contribution in [0.3, 0.4) is 0 Å². The Morgan fingerprint density at radius 3 is 3.00 bits per heavy atom. The van der Waals surface area contributed by atoms with Gasteiger partial charge in [-0.25, -0.2) is 9.97 Å². The van der Waals surface area contributed by atoms with Crippen molar-refractivity contribution in [3.63, 3.8) is 0 Å². The molecule has 1 fully saturated rings. The van der Waals surface area contributed by atoms with Crippen LogP contribution in [0.25, 0.3) is 10.9 Å². The fourth-order valence-electron chi connectivity index (χ4n) is 2.07. The van der Waals surface area contributed by atoms with Gasteiger partial charge in [-0.3, -0.25) is 0 Å². The number of hydrogen-bond acceptors (Lipinski definition) is 5. The number of nitrogens with zero attached hydrogens (tertiary/aromatic N) is 3. The summed E-state index contributed by atoms with van der Waals surface area (Å²) < 4.78 is 0. The van der Waals surface area contributed by atoms with Crippen molar-refractivity contribution >= 4 is 28.5 Å². The maximum Gasteiger partial charge on any atom is 0.230 e. The van der Waals surface area contributed by atoms with Gasteiger partial charge in [0.2, 0.25) is 5.95 Å². The quantitative estimate of drug-likeness (QED) is 0.676. The molecule has 3 aromatic rings. The summed E-state index contributed by atoms with van der Waals surface area (Å²) in [5, 5.41) is 7.59. The first-order chi connectivity index (χ1) is 9.87. The highest BCUT2D eigenvalue weighted by atomic mass is 15.2. The molecule has 6 heteroatoms. The third-order valence-corrected chi connectivity index (χ3v) is 3.26. The van der Waals surface area contributed by atoms with Crippen molar-refractivity contribution in [2.45, 2.75) is 18.9 Å². The van der Waals surface area contributed by atoms with Crippen LogP contribution in [-0.4, -0.2) is 26.0 Å². The van der Waals surface area contributed by atoms with Gasteiger partial charge < -0.3 is 15.6 Å². The number of H-pyrrole nitrogens is 1. The highest BCUT2D eigenvalue weighted by molar-refractivity contribution is 5.81. The molecule has 1 saturated carbocycles. The summed E-state index contributed by atoms with van der Waals surface area (Å²) in [5.41, 5.74) is 1.01. The van der Waals surface area contributed by atoms with Crippen LogP contribution < -0.4 is 10.6 Å². The van der Waals surface area contributed by atoms with E-state index in [0.29, 0.717) is 12.0 Å². The molecule has 1 aliphatic carbocycles. The molecule has 3 aromatic heterocycles. The Balaban J connectivity index is 1.57. The van der Waals surface area contributed by atoms with E-state index in [-0.39, 0.29) is 0 Å². The van der Waals surface area contributed by atoms with Crippen LogP contribution in [0.4, 0.5) is 17.6 Å². The molecule has 3 heterocycles. The molecule has 100 valence electrons. The van der Waals surface area contributed by atoms with Crippen molar-refractivity contribution in [3.8, 4) is 0 Å². The molecule has 6 nitrogen and oxygen atoms in total. The van der Waals surface area contributed by atoms with Crippen LogP contribution in [0, 0.1) is 0 Å². The number of pyridine rings is 1. The third kappa shape index (κ3) is 2.27. The van der Waals surface area contributed by atoms with E-state index in [1.165, 1.54) is 12.8 Å². The third-order valence-electron chi connectivity index (χ3n) is 3.26. The van der Waals surface area contributed by atoms with Gasteiger partial charge in [0.1, 0.15) is 11.6 Å². The fourth-order valence-corrected chi connectivity index (χ4v) is 2.07. The first-order valence-corrected chi connectivity index (χ1v) is 6.66. The zero-order chi connectivity index (χ0) is 13.4. The second-order valence-electron chi connectivity index (χ2n) is 4.94. The van der Waals surface area contributed by atoms with Crippen molar-refractivity contribution < 1.29 is 0 Å². The fraction of sp³-hybridized carbons (Fsp3) is 0.214. The summed E-state index contributed by atoms with van der Waals surface area (Å²) in [6, 6.07) is 6.43. The number of hydrogen-bond donors (Lipinski definition) is 3. The monoisotopic (exact) mass is 266 g/mol. The zero-order valence-electron chi connectivity index (χ0n) is 10.8. The molecular formula is C14H14N6. The van der Waals surface area contributed by atoms with Crippen LogP contribution in [0.2, 0.25) is 0 Å². The summed E-state index contributed by atoms with van der Waals surface area (Å²) in [6.45, 7) is 0. The van der Waals surface area contributed by atoms with E-state index >= 15 is 0 Å². The highest BCUT2D eigenvalue weighted by Crippen LogP contribution is 2.24. The topological polar surface area (TPSA) is 78.5 Å². The van der Waals surface area contributed by atoms with Gasteiger partial charge in [-0.15, -0.1) is 0 Å². The van der Waals surface area contributed by atoms with Gasteiger partial charge in [0, 0.05) is 23.8 Å². The van der Waals surface area contributed by atoms with Crippen LogP contribution in [-0.2, 0) is 0 Å². The van der Waals surface area contributed by atoms with Crippen molar-refractivity contribution in [3.05, 3.63) is 36.8 Å². The number of anilines is 3. The highest BCUT2D eigenvalue weighted by Gasteiger charge is 2.21. The number of aromatic amines is 1. The van der Waals surface area contributed by atoms with Gasteiger partial charge >= 0.3 is 0 Å². The van der Waals surface area contributed by atoms with E-state index in [1.807, 2.05) is 24.4 Å². The SMILES string of the molecule is c1cc(NC2CC2)nc(Nc2cc3cc[nH]c3cn2)n1. The van der Waals surface area contributed by atoms with Crippen molar-refractivity contribution in [1.82, 2.24) is 19.9 Å². The van der Waals surface area contributed by atoms with Gasteiger partial charge in [-0.2, -0.15) is 4.98 Å². The van der Waals surface area contributed by atoms with Crippen molar-refractivity contribution in [2.75, 3.05) is 10.6 Å². The molecule has 0 atom stereocenters. The summed E-state index contributed by atoms with van der Waals surface area (Å²) in [5.74, 6) is 2.14. The molecule has 0 unspecified atom stereocenters. The van der Waals surface area contributed by atoms with Gasteiger partial charge in [0.15, 0.2) is 0 Å². The van der Waals surface area contributed by atoms with Gasteiger partial charge in [-0.1, -0.05) is 0 Å². The predicted octanol–water partition coefficient (Wildman–Crippen LogP) is 2.67. The lowest BCUT2D eigenvalue weighted by atomic mass is 10.3. The Labute approximate surface area is 115 Å². The number of rotatable bonds is 4. The van der Waals surface area contributed by atoms with E-state index in [4.69, 9.17) is 0 Å². The molecule has 0 aromatic carbocycles. The summed E-state index contributed by atoms with van der Waals surface area (Å²) in [7, 11) is 0. The molecular weight excluding hydrogens is 252 g/mol. The maximum absolute atomic E-state index is 4.43. The second-order valence-corrected chi connectivity index (χ2v) is 4.94. The van der Waals surface area contributed by atoms with Crippen LogP contribution in [0.15, 0.2) is 36.8 Å². The summed E-state index contributed by atoms with van der Waals surface area (Å²) in [6.07, 6.45) is 7.88. The predicted molar refractivity (Wildman–Crippen MR) is 78.1 cm³/mol. The standard InChI is InChI=1S/C14H14N6/c1-2-10(1)18-12-4-6-16-14(19-12)20-13-7-9-3-5-15-11(9)8-17-13/h3-8,10,15H,1-2H2,(H2,16,17,18,19,20). The lowest BCUT2D eigenvalue weighted by Crippen LogP contribution is -2.05. The van der Waals surface area contributed by atoms with Gasteiger partial charge in [0.25, 0.3) is 0 Å². The Morgan fingerprint density at radius 1 is 1.15 bits per heavy atom. The molecule has 0 amide bonds.